The standard InChI is InChI=1S/C19H28N6O/c1-4-13-24(2)16-7-5-15(6-8-16)18(26)22-19-21-17(23-25(19)3)14-9-11-20-12-10-14/h5-8,14,20H,4,9-13H2,1-3H3,(H,21,22,23,26). The van der Waals surface area contributed by atoms with Gasteiger partial charge in [0.25, 0.3) is 5.91 Å². The number of carbonyl (C=O) groups excluding carboxylic acids is 1. The third-order valence-electron chi connectivity index (χ3n) is 4.84. The maximum Gasteiger partial charge on any atom is 0.258 e. The number of anilines is 2. The van der Waals surface area contributed by atoms with E-state index < -0.39 is 0 Å². The lowest BCUT2D eigenvalue weighted by Crippen LogP contribution is -2.27. The smallest absolute Gasteiger partial charge is 0.258 e. The van der Waals surface area contributed by atoms with E-state index >= 15 is 0 Å². The zero-order valence-corrected chi connectivity index (χ0v) is 15.8. The molecule has 0 atom stereocenters. The first kappa shape index (κ1) is 18.4. The van der Waals surface area contributed by atoms with Crippen LogP contribution < -0.4 is 15.5 Å². The molecule has 0 bridgehead atoms. The van der Waals surface area contributed by atoms with Gasteiger partial charge in [-0.1, -0.05) is 6.92 Å². The number of aryl methyl sites for hydroxylation is 1. The molecule has 1 fully saturated rings. The van der Waals surface area contributed by atoms with E-state index in [0.29, 0.717) is 17.4 Å². The quantitative estimate of drug-likeness (QED) is 0.831. The Balaban J connectivity index is 1.67. The average molecular weight is 356 g/mol. The van der Waals surface area contributed by atoms with Gasteiger partial charge in [-0.3, -0.25) is 10.1 Å². The molecule has 7 heteroatoms. The van der Waals surface area contributed by atoms with E-state index in [1.54, 1.807) is 4.68 Å². The van der Waals surface area contributed by atoms with Crippen molar-refractivity contribution in [1.29, 1.82) is 0 Å². The second kappa shape index (κ2) is 8.31. The summed E-state index contributed by atoms with van der Waals surface area (Å²) in [6, 6.07) is 7.64. The fourth-order valence-corrected chi connectivity index (χ4v) is 3.27. The number of benzene rings is 1. The Morgan fingerprint density at radius 1 is 1.31 bits per heavy atom. The minimum absolute atomic E-state index is 0.165. The Hall–Kier alpha value is -2.41. The number of carbonyl (C=O) groups is 1. The van der Waals surface area contributed by atoms with Gasteiger partial charge in [0.05, 0.1) is 0 Å². The number of nitrogens with zero attached hydrogens (tertiary/aromatic N) is 4. The van der Waals surface area contributed by atoms with Gasteiger partial charge < -0.3 is 10.2 Å². The van der Waals surface area contributed by atoms with Crippen LogP contribution in [0.4, 0.5) is 11.6 Å². The van der Waals surface area contributed by atoms with E-state index in [2.05, 4.69) is 39.6 Å². The SMILES string of the molecule is CCCN(C)c1ccc(C(=O)Nc2nc(C3CCNCC3)nn2C)cc1. The molecule has 1 amide bonds. The van der Waals surface area contributed by atoms with E-state index in [1.165, 1.54) is 0 Å². The van der Waals surface area contributed by atoms with Crippen molar-refractivity contribution in [3.8, 4) is 0 Å². The summed E-state index contributed by atoms with van der Waals surface area (Å²) in [5, 5.41) is 10.7. The van der Waals surface area contributed by atoms with Crippen LogP contribution in [0.25, 0.3) is 0 Å². The lowest BCUT2D eigenvalue weighted by molar-refractivity contribution is 0.102. The van der Waals surface area contributed by atoms with Crippen LogP contribution >= 0.6 is 0 Å². The molecular formula is C19H28N6O. The fraction of sp³-hybridized carbons (Fsp3) is 0.526. The first-order chi connectivity index (χ1) is 12.6. The van der Waals surface area contributed by atoms with Crippen LogP contribution in [0.3, 0.4) is 0 Å². The molecule has 0 radical (unpaired) electrons. The normalized spacial score (nSPS) is 15.0. The largest absolute Gasteiger partial charge is 0.375 e. The minimum atomic E-state index is -0.165. The molecule has 0 unspecified atom stereocenters. The van der Waals surface area contributed by atoms with Crippen LogP contribution in [0.1, 0.15) is 48.3 Å². The Morgan fingerprint density at radius 2 is 2.00 bits per heavy atom. The summed E-state index contributed by atoms with van der Waals surface area (Å²) in [5.74, 6) is 1.51. The van der Waals surface area contributed by atoms with Gasteiger partial charge in [0.2, 0.25) is 5.95 Å². The highest BCUT2D eigenvalue weighted by atomic mass is 16.1. The van der Waals surface area contributed by atoms with Crippen molar-refractivity contribution in [1.82, 2.24) is 20.1 Å². The number of piperidine rings is 1. The van der Waals surface area contributed by atoms with Crippen LogP contribution in [0.15, 0.2) is 24.3 Å². The monoisotopic (exact) mass is 356 g/mol. The number of hydrogen-bond donors (Lipinski definition) is 2. The van der Waals surface area contributed by atoms with Crippen molar-refractivity contribution in [2.24, 2.45) is 7.05 Å². The van der Waals surface area contributed by atoms with Gasteiger partial charge in [0.15, 0.2) is 5.82 Å². The van der Waals surface area contributed by atoms with Crippen LogP contribution in [-0.4, -0.2) is 47.4 Å². The average Bonchev–Trinajstić information content (AvgIpc) is 3.03. The van der Waals surface area contributed by atoms with Crippen molar-refractivity contribution in [2.45, 2.75) is 32.1 Å². The Bertz CT molecular complexity index is 733. The summed E-state index contributed by atoms with van der Waals surface area (Å²) < 4.78 is 1.65. The molecule has 1 aliphatic rings. The topological polar surface area (TPSA) is 75.1 Å². The number of aromatic nitrogens is 3. The second-order valence-corrected chi connectivity index (χ2v) is 6.86. The summed E-state index contributed by atoms with van der Waals surface area (Å²) in [4.78, 5) is 19.3. The van der Waals surface area contributed by atoms with E-state index in [9.17, 15) is 4.79 Å². The molecule has 7 nitrogen and oxygen atoms in total. The van der Waals surface area contributed by atoms with E-state index in [-0.39, 0.29) is 5.91 Å². The maximum absolute atomic E-state index is 12.5. The van der Waals surface area contributed by atoms with Crippen LogP contribution in [0.5, 0.6) is 0 Å². The van der Waals surface area contributed by atoms with Gasteiger partial charge in [0.1, 0.15) is 0 Å². The summed E-state index contributed by atoms with van der Waals surface area (Å²) in [7, 11) is 3.87. The maximum atomic E-state index is 12.5. The van der Waals surface area contributed by atoms with Gasteiger partial charge in [-0.05, 0) is 56.6 Å². The highest BCUT2D eigenvalue weighted by molar-refractivity contribution is 6.03. The molecule has 2 N–H and O–H groups in total. The zero-order chi connectivity index (χ0) is 18.5. The fourth-order valence-electron chi connectivity index (χ4n) is 3.27. The summed E-state index contributed by atoms with van der Waals surface area (Å²) in [5.41, 5.74) is 1.72. The lowest BCUT2D eigenvalue weighted by Gasteiger charge is -2.19. The molecule has 0 saturated carbocycles. The van der Waals surface area contributed by atoms with Crippen molar-refractivity contribution in [2.75, 3.05) is 36.9 Å². The lowest BCUT2D eigenvalue weighted by atomic mass is 9.98. The molecule has 2 aromatic rings. The van der Waals surface area contributed by atoms with Crippen molar-refractivity contribution >= 4 is 17.5 Å². The zero-order valence-electron chi connectivity index (χ0n) is 15.8. The van der Waals surface area contributed by atoms with Crippen LogP contribution in [0.2, 0.25) is 0 Å². The van der Waals surface area contributed by atoms with Gasteiger partial charge in [0, 0.05) is 37.8 Å². The third-order valence-corrected chi connectivity index (χ3v) is 4.84. The van der Waals surface area contributed by atoms with Crippen molar-refractivity contribution < 1.29 is 4.79 Å². The molecule has 3 rings (SSSR count). The first-order valence-corrected chi connectivity index (χ1v) is 9.32. The molecule has 1 aromatic heterocycles. The highest BCUT2D eigenvalue weighted by Gasteiger charge is 2.21. The first-order valence-electron chi connectivity index (χ1n) is 9.32. The summed E-state index contributed by atoms with van der Waals surface area (Å²) in [6.07, 6.45) is 3.15. The van der Waals surface area contributed by atoms with Crippen LogP contribution in [0, 0.1) is 0 Å². The van der Waals surface area contributed by atoms with E-state index in [1.807, 2.05) is 31.3 Å². The van der Waals surface area contributed by atoms with Gasteiger partial charge in [-0.25, -0.2) is 4.68 Å². The molecule has 0 aliphatic carbocycles. The predicted molar refractivity (Wildman–Crippen MR) is 104 cm³/mol. The number of amides is 1. The van der Waals surface area contributed by atoms with Crippen molar-refractivity contribution in [3.05, 3.63) is 35.7 Å². The third kappa shape index (κ3) is 4.22. The molecule has 140 valence electrons. The predicted octanol–water partition coefficient (Wildman–Crippen LogP) is 2.38. The van der Waals surface area contributed by atoms with E-state index in [0.717, 1.165) is 50.4 Å². The number of rotatable bonds is 6. The molecule has 1 aliphatic heterocycles. The van der Waals surface area contributed by atoms with E-state index in [4.69, 9.17) is 0 Å². The molecule has 2 heterocycles. The summed E-state index contributed by atoms with van der Waals surface area (Å²) >= 11 is 0. The number of nitrogens with one attached hydrogen (secondary N) is 2. The molecule has 1 aromatic carbocycles. The Morgan fingerprint density at radius 3 is 2.65 bits per heavy atom. The highest BCUT2D eigenvalue weighted by Crippen LogP contribution is 2.23. The Kier molecular flexibility index (Phi) is 5.88. The van der Waals surface area contributed by atoms with Gasteiger partial charge >= 0.3 is 0 Å². The van der Waals surface area contributed by atoms with Crippen molar-refractivity contribution in [3.63, 3.8) is 0 Å². The van der Waals surface area contributed by atoms with Gasteiger partial charge in [-0.2, -0.15) is 10.1 Å². The molecule has 1 saturated heterocycles. The minimum Gasteiger partial charge on any atom is -0.375 e. The Labute approximate surface area is 154 Å². The summed E-state index contributed by atoms with van der Waals surface area (Å²) in [6.45, 7) is 5.12. The second-order valence-electron chi connectivity index (χ2n) is 6.86. The van der Waals surface area contributed by atoms with Gasteiger partial charge in [-0.15, -0.1) is 0 Å². The number of hydrogen-bond acceptors (Lipinski definition) is 5. The molecule has 26 heavy (non-hydrogen) atoms. The molecular weight excluding hydrogens is 328 g/mol. The van der Waals surface area contributed by atoms with Crippen LogP contribution in [-0.2, 0) is 7.05 Å². The molecule has 0 spiro atoms.